The van der Waals surface area contributed by atoms with Crippen LogP contribution in [0, 0.1) is 13.8 Å². The van der Waals surface area contributed by atoms with Crippen LogP contribution in [0.25, 0.3) is 22.4 Å². The molecule has 7 nitrogen and oxygen atoms in total. The Labute approximate surface area is 144 Å². The molecule has 0 saturated carbocycles. The first kappa shape index (κ1) is 16.8. The molecule has 0 radical (unpaired) electrons. The predicted molar refractivity (Wildman–Crippen MR) is 94.7 cm³/mol. The molecule has 0 unspecified atom stereocenters. The fourth-order valence-corrected chi connectivity index (χ4v) is 2.84. The molecule has 0 atom stereocenters. The van der Waals surface area contributed by atoms with Gasteiger partial charge in [-0.15, -0.1) is 0 Å². The van der Waals surface area contributed by atoms with Crippen molar-refractivity contribution in [2.75, 3.05) is 21.3 Å². The molecule has 0 aliphatic rings. The minimum absolute atomic E-state index is 0.237. The molecule has 130 valence electrons. The highest BCUT2D eigenvalue weighted by Gasteiger charge is 2.16. The van der Waals surface area contributed by atoms with Gasteiger partial charge in [-0.1, -0.05) is 0 Å². The lowest BCUT2D eigenvalue weighted by molar-refractivity contribution is 0.324. The number of aromatic nitrogens is 3. The maximum Gasteiger partial charge on any atom is 0.260 e. The number of hydrogen-bond acceptors (Lipinski definition) is 6. The van der Waals surface area contributed by atoms with E-state index in [0.29, 0.717) is 39.7 Å². The van der Waals surface area contributed by atoms with Crippen molar-refractivity contribution in [1.82, 2.24) is 15.0 Å². The van der Waals surface area contributed by atoms with Crippen LogP contribution in [0.3, 0.4) is 0 Å². The van der Waals surface area contributed by atoms with E-state index in [2.05, 4.69) is 15.0 Å². The Morgan fingerprint density at radius 1 is 0.920 bits per heavy atom. The van der Waals surface area contributed by atoms with Gasteiger partial charge >= 0.3 is 0 Å². The highest BCUT2D eigenvalue weighted by Crippen LogP contribution is 2.40. The topological polar surface area (TPSA) is 86.3 Å². The fraction of sp³-hybridized carbons (Fsp3) is 0.278. The van der Waals surface area contributed by atoms with Gasteiger partial charge < -0.3 is 19.2 Å². The van der Waals surface area contributed by atoms with E-state index in [-0.39, 0.29) is 5.56 Å². The van der Waals surface area contributed by atoms with Crippen molar-refractivity contribution in [2.24, 2.45) is 0 Å². The Kier molecular flexibility index (Phi) is 4.31. The zero-order valence-corrected chi connectivity index (χ0v) is 14.8. The number of aryl methyl sites for hydroxylation is 2. The molecule has 3 rings (SSSR count). The van der Waals surface area contributed by atoms with E-state index in [1.54, 1.807) is 12.1 Å². The van der Waals surface area contributed by atoms with Gasteiger partial charge in [0.1, 0.15) is 5.82 Å². The molecule has 25 heavy (non-hydrogen) atoms. The Morgan fingerprint density at radius 3 is 2.12 bits per heavy atom. The Hall–Kier alpha value is -3.09. The largest absolute Gasteiger partial charge is 0.493 e. The van der Waals surface area contributed by atoms with Crippen LogP contribution in [-0.2, 0) is 0 Å². The molecular weight excluding hydrogens is 322 g/mol. The maximum atomic E-state index is 12.5. The number of H-pyrrole nitrogens is 1. The van der Waals surface area contributed by atoms with Gasteiger partial charge in [0.05, 0.1) is 26.7 Å². The summed E-state index contributed by atoms with van der Waals surface area (Å²) < 4.78 is 16.0. The van der Waals surface area contributed by atoms with Gasteiger partial charge in [-0.05, 0) is 37.6 Å². The lowest BCUT2D eigenvalue weighted by Crippen LogP contribution is -2.12. The third-order valence-electron chi connectivity index (χ3n) is 3.94. The average molecular weight is 341 g/mol. The maximum absolute atomic E-state index is 12.5. The van der Waals surface area contributed by atoms with Crippen molar-refractivity contribution in [3.05, 3.63) is 39.8 Å². The number of nitrogens with zero attached hydrogens (tertiary/aromatic N) is 2. The van der Waals surface area contributed by atoms with Crippen LogP contribution >= 0.6 is 0 Å². The second-order valence-electron chi connectivity index (χ2n) is 5.61. The van der Waals surface area contributed by atoms with Crippen molar-refractivity contribution >= 4 is 11.0 Å². The summed E-state index contributed by atoms with van der Waals surface area (Å²) in [5.41, 5.74) is 2.45. The highest BCUT2D eigenvalue weighted by atomic mass is 16.5. The summed E-state index contributed by atoms with van der Waals surface area (Å²) in [5.74, 6) is 1.82. The molecule has 0 amide bonds. The first-order valence-electron chi connectivity index (χ1n) is 7.67. The van der Waals surface area contributed by atoms with Crippen molar-refractivity contribution in [3.63, 3.8) is 0 Å². The molecule has 0 aliphatic carbocycles. The summed E-state index contributed by atoms with van der Waals surface area (Å²) in [4.78, 5) is 24.2. The third kappa shape index (κ3) is 2.88. The second kappa shape index (κ2) is 6.43. The molecule has 0 bridgehead atoms. The first-order valence-corrected chi connectivity index (χ1v) is 7.67. The van der Waals surface area contributed by atoms with Gasteiger partial charge in [0.25, 0.3) is 5.56 Å². The molecule has 0 spiro atoms. The monoisotopic (exact) mass is 341 g/mol. The Balaban J connectivity index is 2.28. The SMILES string of the molecule is COc1cc(-c2nc3nc(C)cc(C)c3c(=O)[nH]2)cc(OC)c1OC. The number of ether oxygens (including phenoxy) is 3. The Morgan fingerprint density at radius 2 is 1.56 bits per heavy atom. The first-order chi connectivity index (χ1) is 12.0. The summed E-state index contributed by atoms with van der Waals surface area (Å²) in [6.45, 7) is 3.74. The van der Waals surface area contributed by atoms with Gasteiger partial charge in [-0.2, -0.15) is 0 Å². The zero-order valence-electron chi connectivity index (χ0n) is 14.8. The van der Waals surface area contributed by atoms with E-state index < -0.39 is 0 Å². The minimum atomic E-state index is -0.237. The molecule has 2 heterocycles. The third-order valence-corrected chi connectivity index (χ3v) is 3.94. The average Bonchev–Trinajstić information content (AvgIpc) is 2.59. The van der Waals surface area contributed by atoms with Crippen molar-refractivity contribution in [1.29, 1.82) is 0 Å². The summed E-state index contributed by atoms with van der Waals surface area (Å²) in [5, 5.41) is 0.488. The van der Waals surface area contributed by atoms with Crippen LogP contribution in [0.1, 0.15) is 11.3 Å². The van der Waals surface area contributed by atoms with Crippen LogP contribution in [0.4, 0.5) is 0 Å². The lowest BCUT2D eigenvalue weighted by Gasteiger charge is -2.14. The van der Waals surface area contributed by atoms with E-state index in [1.807, 2.05) is 19.9 Å². The van der Waals surface area contributed by atoms with E-state index in [4.69, 9.17) is 14.2 Å². The van der Waals surface area contributed by atoms with Crippen molar-refractivity contribution in [2.45, 2.75) is 13.8 Å². The summed E-state index contributed by atoms with van der Waals surface area (Å²) in [6.07, 6.45) is 0. The molecule has 0 aliphatic heterocycles. The van der Waals surface area contributed by atoms with Crippen molar-refractivity contribution in [3.8, 4) is 28.6 Å². The molecule has 2 aromatic heterocycles. The quantitative estimate of drug-likeness (QED) is 0.785. The fourth-order valence-electron chi connectivity index (χ4n) is 2.84. The minimum Gasteiger partial charge on any atom is -0.493 e. The standard InChI is InChI=1S/C18H19N3O4/c1-9-6-10(2)19-17-14(9)18(22)21-16(20-17)11-7-12(23-3)15(25-5)13(8-11)24-4/h6-8H,1-5H3,(H,19,20,21,22). The molecule has 1 aromatic carbocycles. The molecule has 0 saturated heterocycles. The number of methoxy groups -OCH3 is 3. The number of benzene rings is 1. The van der Waals surface area contributed by atoms with E-state index in [0.717, 1.165) is 11.3 Å². The number of rotatable bonds is 4. The van der Waals surface area contributed by atoms with Crippen LogP contribution in [-0.4, -0.2) is 36.3 Å². The summed E-state index contributed by atoms with van der Waals surface area (Å²) in [6, 6.07) is 5.32. The van der Waals surface area contributed by atoms with Gasteiger partial charge in [-0.25, -0.2) is 9.97 Å². The number of fused-ring (bicyclic) bond motifs is 1. The van der Waals surface area contributed by atoms with E-state index in [1.165, 1.54) is 21.3 Å². The van der Waals surface area contributed by atoms with Gasteiger partial charge in [0.15, 0.2) is 17.1 Å². The number of hydrogen-bond donors (Lipinski definition) is 1. The smallest absolute Gasteiger partial charge is 0.260 e. The summed E-state index contributed by atoms with van der Waals surface area (Å²) in [7, 11) is 4.60. The Bertz CT molecular complexity index is 986. The second-order valence-corrected chi connectivity index (χ2v) is 5.61. The molecule has 1 N–H and O–H groups in total. The van der Waals surface area contributed by atoms with Crippen molar-refractivity contribution < 1.29 is 14.2 Å². The van der Waals surface area contributed by atoms with Gasteiger partial charge in [0, 0.05) is 11.3 Å². The molecule has 0 fully saturated rings. The summed E-state index contributed by atoms with van der Waals surface area (Å²) >= 11 is 0. The van der Waals surface area contributed by atoms with E-state index >= 15 is 0 Å². The normalized spacial score (nSPS) is 10.8. The number of nitrogens with one attached hydrogen (secondary N) is 1. The van der Waals surface area contributed by atoms with Crippen LogP contribution in [0.2, 0.25) is 0 Å². The lowest BCUT2D eigenvalue weighted by atomic mass is 10.1. The number of aromatic amines is 1. The van der Waals surface area contributed by atoms with Crippen LogP contribution < -0.4 is 19.8 Å². The molecule has 7 heteroatoms. The van der Waals surface area contributed by atoms with Crippen LogP contribution in [0.15, 0.2) is 23.0 Å². The molecule has 3 aromatic rings. The number of pyridine rings is 1. The predicted octanol–water partition coefficient (Wildman–Crippen LogP) is 2.63. The van der Waals surface area contributed by atoms with Gasteiger partial charge in [0.2, 0.25) is 5.75 Å². The molecular formula is C18H19N3O4. The van der Waals surface area contributed by atoms with Crippen LogP contribution in [0.5, 0.6) is 17.2 Å². The zero-order chi connectivity index (χ0) is 18.1. The van der Waals surface area contributed by atoms with E-state index in [9.17, 15) is 4.79 Å². The van der Waals surface area contributed by atoms with Gasteiger partial charge in [-0.3, -0.25) is 4.79 Å². The highest BCUT2D eigenvalue weighted by molar-refractivity contribution is 5.80.